The lowest BCUT2D eigenvalue weighted by Crippen LogP contribution is -2.30. The first-order chi connectivity index (χ1) is 12.5. The largest absolute Gasteiger partial charge is 0.462 e. The predicted octanol–water partition coefficient (Wildman–Crippen LogP) is 2.63. The van der Waals surface area contributed by atoms with Crippen molar-refractivity contribution in [3.05, 3.63) is 62.9 Å². The molecule has 0 saturated carbocycles. The zero-order valence-corrected chi connectivity index (χ0v) is 14.4. The number of aliphatic hydroxyl groups excluding tert-OH is 1. The SMILES string of the molecule is CCOC(=O)c1c2n(c3nc(Cl)ccc3c1=O)-c1ccccc1C(O)N2. The van der Waals surface area contributed by atoms with Gasteiger partial charge in [-0.2, -0.15) is 0 Å². The number of aliphatic hydroxyl groups is 1. The van der Waals surface area contributed by atoms with Crippen molar-refractivity contribution >= 4 is 34.4 Å². The van der Waals surface area contributed by atoms with E-state index in [2.05, 4.69) is 10.3 Å². The van der Waals surface area contributed by atoms with Crippen LogP contribution in [0.3, 0.4) is 0 Å². The molecule has 7 nitrogen and oxygen atoms in total. The number of benzene rings is 1. The van der Waals surface area contributed by atoms with Crippen molar-refractivity contribution in [2.45, 2.75) is 13.2 Å². The molecule has 0 saturated heterocycles. The Balaban J connectivity index is 2.19. The number of nitrogens with zero attached hydrogens (tertiary/aromatic N) is 2. The average molecular weight is 372 g/mol. The van der Waals surface area contributed by atoms with E-state index in [1.807, 2.05) is 0 Å². The van der Waals surface area contributed by atoms with Crippen LogP contribution in [0.15, 0.2) is 41.2 Å². The lowest BCUT2D eigenvalue weighted by molar-refractivity contribution is 0.0525. The fraction of sp³-hybridized carbons (Fsp3) is 0.167. The number of para-hydroxylation sites is 1. The highest BCUT2D eigenvalue weighted by Crippen LogP contribution is 2.35. The van der Waals surface area contributed by atoms with Crippen LogP contribution in [-0.2, 0) is 4.74 Å². The van der Waals surface area contributed by atoms with Crippen LogP contribution in [0.4, 0.5) is 5.82 Å². The summed E-state index contributed by atoms with van der Waals surface area (Å²) >= 11 is 6.03. The molecule has 0 amide bonds. The summed E-state index contributed by atoms with van der Waals surface area (Å²) in [4.78, 5) is 29.7. The van der Waals surface area contributed by atoms with E-state index in [1.165, 1.54) is 12.1 Å². The maximum Gasteiger partial charge on any atom is 0.345 e. The number of halogens is 1. The third-order valence-corrected chi connectivity index (χ3v) is 4.42. The first kappa shape index (κ1) is 16.6. The first-order valence-electron chi connectivity index (χ1n) is 7.99. The second-order valence-corrected chi connectivity index (χ2v) is 6.11. The van der Waals surface area contributed by atoms with Gasteiger partial charge < -0.3 is 15.2 Å². The minimum absolute atomic E-state index is 0.119. The number of fused-ring (bicyclic) bond motifs is 5. The maximum atomic E-state index is 12.9. The van der Waals surface area contributed by atoms with Gasteiger partial charge in [-0.1, -0.05) is 29.8 Å². The number of nitrogens with one attached hydrogen (secondary N) is 1. The quantitative estimate of drug-likeness (QED) is 0.531. The van der Waals surface area contributed by atoms with Gasteiger partial charge in [0.05, 0.1) is 17.7 Å². The highest BCUT2D eigenvalue weighted by atomic mass is 35.5. The number of aromatic nitrogens is 2. The molecule has 0 fully saturated rings. The summed E-state index contributed by atoms with van der Waals surface area (Å²) in [5, 5.41) is 13.7. The highest BCUT2D eigenvalue weighted by molar-refractivity contribution is 6.29. The van der Waals surface area contributed by atoms with E-state index in [0.29, 0.717) is 11.3 Å². The Hall–Kier alpha value is -2.90. The van der Waals surface area contributed by atoms with Crippen LogP contribution >= 0.6 is 11.6 Å². The van der Waals surface area contributed by atoms with Crippen molar-refractivity contribution in [3.8, 4) is 5.69 Å². The van der Waals surface area contributed by atoms with Gasteiger partial charge in [-0.3, -0.25) is 9.36 Å². The zero-order chi connectivity index (χ0) is 18.4. The normalized spacial score (nSPS) is 15.1. The second kappa shape index (κ2) is 6.12. The number of carbonyl (C=O) groups is 1. The number of pyridine rings is 2. The molecular weight excluding hydrogens is 358 g/mol. The summed E-state index contributed by atoms with van der Waals surface area (Å²) in [5.41, 5.74) is 0.753. The summed E-state index contributed by atoms with van der Waals surface area (Å²) in [6.45, 7) is 1.77. The van der Waals surface area contributed by atoms with Crippen LogP contribution in [0.1, 0.15) is 29.1 Å². The lowest BCUT2D eigenvalue weighted by atomic mass is 10.1. The van der Waals surface area contributed by atoms with E-state index >= 15 is 0 Å². The topological polar surface area (TPSA) is 93.5 Å². The Bertz CT molecular complexity index is 1110. The maximum absolute atomic E-state index is 12.9. The average Bonchev–Trinajstić information content (AvgIpc) is 2.62. The Labute approximate surface area is 152 Å². The molecule has 2 aromatic heterocycles. The molecule has 1 aliphatic heterocycles. The fourth-order valence-corrected chi connectivity index (χ4v) is 3.27. The van der Waals surface area contributed by atoms with Crippen LogP contribution in [0.2, 0.25) is 5.15 Å². The molecule has 3 aromatic rings. The molecule has 0 radical (unpaired) electrons. The van der Waals surface area contributed by atoms with E-state index in [0.717, 1.165) is 0 Å². The third-order valence-electron chi connectivity index (χ3n) is 4.21. The van der Waals surface area contributed by atoms with Gasteiger partial charge >= 0.3 is 5.97 Å². The van der Waals surface area contributed by atoms with Crippen LogP contribution in [0.25, 0.3) is 16.7 Å². The number of rotatable bonds is 2. The van der Waals surface area contributed by atoms with E-state index < -0.39 is 17.6 Å². The molecule has 0 aliphatic carbocycles. The van der Waals surface area contributed by atoms with Crippen molar-refractivity contribution in [2.75, 3.05) is 11.9 Å². The van der Waals surface area contributed by atoms with Crippen LogP contribution in [-0.4, -0.2) is 27.2 Å². The molecule has 3 heterocycles. The number of ether oxygens (including phenoxy) is 1. The molecule has 4 rings (SSSR count). The van der Waals surface area contributed by atoms with Crippen molar-refractivity contribution in [3.63, 3.8) is 0 Å². The summed E-state index contributed by atoms with van der Waals surface area (Å²) in [6, 6.07) is 10.1. The highest BCUT2D eigenvalue weighted by Gasteiger charge is 2.31. The first-order valence-corrected chi connectivity index (χ1v) is 8.37. The Morgan fingerprint density at radius 3 is 2.88 bits per heavy atom. The number of hydrogen-bond donors (Lipinski definition) is 2. The molecule has 1 aliphatic rings. The van der Waals surface area contributed by atoms with Gasteiger partial charge in [-0.25, -0.2) is 9.78 Å². The van der Waals surface area contributed by atoms with E-state index in [9.17, 15) is 14.7 Å². The van der Waals surface area contributed by atoms with Crippen molar-refractivity contribution in [2.24, 2.45) is 0 Å². The number of esters is 1. The molecule has 1 aromatic carbocycles. The van der Waals surface area contributed by atoms with Crippen molar-refractivity contribution in [1.29, 1.82) is 0 Å². The second-order valence-electron chi connectivity index (χ2n) is 5.72. The lowest BCUT2D eigenvalue weighted by Gasteiger charge is -2.30. The van der Waals surface area contributed by atoms with Gasteiger partial charge in [-0.15, -0.1) is 0 Å². The summed E-state index contributed by atoms with van der Waals surface area (Å²) in [7, 11) is 0. The zero-order valence-electron chi connectivity index (χ0n) is 13.7. The summed E-state index contributed by atoms with van der Waals surface area (Å²) < 4.78 is 6.66. The minimum atomic E-state index is -1.09. The van der Waals surface area contributed by atoms with Crippen LogP contribution in [0.5, 0.6) is 0 Å². The van der Waals surface area contributed by atoms with Gasteiger partial charge in [0.15, 0.2) is 11.9 Å². The Kier molecular flexibility index (Phi) is 3.90. The summed E-state index contributed by atoms with van der Waals surface area (Å²) in [5.74, 6) is -0.640. The monoisotopic (exact) mass is 371 g/mol. The van der Waals surface area contributed by atoms with Gasteiger partial charge in [0.1, 0.15) is 16.5 Å². The molecule has 0 bridgehead atoms. The fourth-order valence-electron chi connectivity index (χ4n) is 3.13. The molecule has 0 spiro atoms. The van der Waals surface area contributed by atoms with Crippen LogP contribution < -0.4 is 10.7 Å². The Morgan fingerprint density at radius 1 is 1.35 bits per heavy atom. The predicted molar refractivity (Wildman–Crippen MR) is 96.9 cm³/mol. The summed E-state index contributed by atoms with van der Waals surface area (Å²) in [6.07, 6.45) is -1.09. The number of anilines is 1. The van der Waals surface area contributed by atoms with Gasteiger partial charge in [0, 0.05) is 5.56 Å². The minimum Gasteiger partial charge on any atom is -0.462 e. The molecular formula is C18H14ClN3O4. The number of hydrogen-bond acceptors (Lipinski definition) is 6. The standard InChI is InChI=1S/C18H14ClN3O4/c1-2-26-18(25)13-14(23)10-7-8-12(19)20-15(10)22-11-6-4-3-5-9(11)17(24)21-16(13)22/h3-8,17,21,24H,2H2,1H3. The molecule has 1 atom stereocenters. The van der Waals surface area contributed by atoms with Gasteiger partial charge in [0.25, 0.3) is 0 Å². The number of carbonyl (C=O) groups excluding carboxylic acids is 1. The van der Waals surface area contributed by atoms with E-state index in [4.69, 9.17) is 16.3 Å². The molecule has 132 valence electrons. The molecule has 1 unspecified atom stereocenters. The molecule has 26 heavy (non-hydrogen) atoms. The molecule has 8 heteroatoms. The van der Waals surface area contributed by atoms with E-state index in [1.54, 1.807) is 35.8 Å². The van der Waals surface area contributed by atoms with Gasteiger partial charge in [-0.05, 0) is 25.1 Å². The Morgan fingerprint density at radius 2 is 2.12 bits per heavy atom. The third kappa shape index (κ3) is 2.36. The molecule has 2 N–H and O–H groups in total. The van der Waals surface area contributed by atoms with Crippen LogP contribution in [0, 0.1) is 0 Å². The van der Waals surface area contributed by atoms with E-state index in [-0.39, 0.29) is 34.2 Å². The smallest absolute Gasteiger partial charge is 0.345 e. The van der Waals surface area contributed by atoms with Crippen molar-refractivity contribution < 1.29 is 14.6 Å². The van der Waals surface area contributed by atoms with Crippen molar-refractivity contribution in [1.82, 2.24) is 9.55 Å². The van der Waals surface area contributed by atoms with Gasteiger partial charge in [0.2, 0.25) is 5.43 Å².